The molecule has 1 saturated heterocycles. The Morgan fingerprint density at radius 2 is 2.21 bits per heavy atom. The van der Waals surface area contributed by atoms with E-state index in [1.807, 2.05) is 31.2 Å². The summed E-state index contributed by atoms with van der Waals surface area (Å²) in [4.78, 5) is 11.7. The summed E-state index contributed by atoms with van der Waals surface area (Å²) in [5, 5.41) is 6.16. The highest BCUT2D eigenvalue weighted by Crippen LogP contribution is 2.12. The molecule has 104 valence electrons. The van der Waals surface area contributed by atoms with Crippen LogP contribution in [-0.2, 0) is 9.53 Å². The highest BCUT2D eigenvalue weighted by Gasteiger charge is 2.13. The van der Waals surface area contributed by atoms with E-state index in [9.17, 15) is 4.79 Å². The third kappa shape index (κ3) is 5.01. The number of nitrogens with one attached hydrogen (secondary N) is 2. The molecule has 0 aromatic heterocycles. The topological polar surface area (TPSA) is 50.4 Å². The van der Waals surface area contributed by atoms with Crippen molar-refractivity contribution in [3.05, 3.63) is 29.8 Å². The first kappa shape index (κ1) is 14.0. The summed E-state index contributed by atoms with van der Waals surface area (Å²) < 4.78 is 5.50. The highest BCUT2D eigenvalue weighted by molar-refractivity contribution is 5.91. The summed E-state index contributed by atoms with van der Waals surface area (Å²) in [6, 6.07) is 7.77. The van der Waals surface area contributed by atoms with Gasteiger partial charge in [-0.05, 0) is 56.5 Å². The summed E-state index contributed by atoms with van der Waals surface area (Å²) in [6.45, 7) is 4.94. The van der Waals surface area contributed by atoms with Crippen molar-refractivity contribution in [1.29, 1.82) is 0 Å². The van der Waals surface area contributed by atoms with Gasteiger partial charge in [0.05, 0.1) is 6.61 Å². The Morgan fingerprint density at radius 1 is 1.42 bits per heavy atom. The fourth-order valence-electron chi connectivity index (χ4n) is 2.29. The number of carbonyl (C=O) groups is 1. The SMILES string of the molecule is Cc1cccc(NC(=O)COCC2CCNCC2)c1. The molecule has 1 heterocycles. The molecule has 0 spiro atoms. The summed E-state index contributed by atoms with van der Waals surface area (Å²) in [7, 11) is 0. The molecule has 19 heavy (non-hydrogen) atoms. The van der Waals surface area contributed by atoms with Gasteiger partial charge in [-0.3, -0.25) is 4.79 Å². The quantitative estimate of drug-likeness (QED) is 0.852. The van der Waals surface area contributed by atoms with Crippen molar-refractivity contribution in [3.8, 4) is 0 Å². The van der Waals surface area contributed by atoms with Gasteiger partial charge in [0.1, 0.15) is 6.61 Å². The van der Waals surface area contributed by atoms with E-state index in [2.05, 4.69) is 10.6 Å². The summed E-state index contributed by atoms with van der Waals surface area (Å²) in [5.41, 5.74) is 1.96. The van der Waals surface area contributed by atoms with Crippen LogP contribution < -0.4 is 10.6 Å². The van der Waals surface area contributed by atoms with Crippen molar-refractivity contribution in [2.45, 2.75) is 19.8 Å². The zero-order valence-corrected chi connectivity index (χ0v) is 11.4. The second-order valence-electron chi connectivity index (χ2n) is 5.13. The number of anilines is 1. The van der Waals surface area contributed by atoms with Gasteiger partial charge in [-0.2, -0.15) is 0 Å². The maximum Gasteiger partial charge on any atom is 0.250 e. The van der Waals surface area contributed by atoms with Crippen LogP contribution in [0.2, 0.25) is 0 Å². The van der Waals surface area contributed by atoms with Gasteiger partial charge in [0, 0.05) is 5.69 Å². The van der Waals surface area contributed by atoms with E-state index in [0.29, 0.717) is 12.5 Å². The van der Waals surface area contributed by atoms with Crippen molar-refractivity contribution >= 4 is 11.6 Å². The largest absolute Gasteiger partial charge is 0.371 e. The van der Waals surface area contributed by atoms with Crippen LogP contribution in [0.4, 0.5) is 5.69 Å². The molecule has 0 atom stereocenters. The number of hydrogen-bond donors (Lipinski definition) is 2. The van der Waals surface area contributed by atoms with E-state index >= 15 is 0 Å². The number of piperidine rings is 1. The first-order valence-corrected chi connectivity index (χ1v) is 6.89. The minimum absolute atomic E-state index is 0.0838. The molecule has 1 fully saturated rings. The van der Waals surface area contributed by atoms with Crippen LogP contribution in [0.5, 0.6) is 0 Å². The molecule has 1 aliphatic heterocycles. The van der Waals surface area contributed by atoms with Crippen molar-refractivity contribution in [1.82, 2.24) is 5.32 Å². The van der Waals surface area contributed by atoms with Crippen LogP contribution in [0.1, 0.15) is 18.4 Å². The lowest BCUT2D eigenvalue weighted by Crippen LogP contribution is -2.30. The molecule has 0 unspecified atom stereocenters. The Balaban J connectivity index is 1.67. The maximum absolute atomic E-state index is 11.7. The van der Waals surface area contributed by atoms with Crippen molar-refractivity contribution in [3.63, 3.8) is 0 Å². The number of aryl methyl sites for hydroxylation is 1. The predicted octanol–water partition coefficient (Wildman–Crippen LogP) is 1.95. The predicted molar refractivity (Wildman–Crippen MR) is 76.2 cm³/mol. The van der Waals surface area contributed by atoms with Crippen molar-refractivity contribution < 1.29 is 9.53 Å². The van der Waals surface area contributed by atoms with E-state index < -0.39 is 0 Å². The summed E-state index contributed by atoms with van der Waals surface area (Å²) in [6.07, 6.45) is 2.28. The zero-order chi connectivity index (χ0) is 13.5. The molecule has 0 radical (unpaired) electrons. The Bertz CT molecular complexity index is 414. The van der Waals surface area contributed by atoms with E-state index in [1.165, 1.54) is 0 Å². The fourth-order valence-corrected chi connectivity index (χ4v) is 2.29. The first-order chi connectivity index (χ1) is 9.24. The second-order valence-corrected chi connectivity index (χ2v) is 5.13. The Labute approximate surface area is 114 Å². The molecule has 0 bridgehead atoms. The lowest BCUT2D eigenvalue weighted by atomic mass is 9.99. The number of rotatable bonds is 5. The van der Waals surface area contributed by atoms with Gasteiger partial charge in [-0.25, -0.2) is 0 Å². The Kier molecular flexibility index (Phi) is 5.36. The summed E-state index contributed by atoms with van der Waals surface area (Å²) in [5.74, 6) is 0.507. The molecule has 1 aromatic rings. The molecule has 2 rings (SSSR count). The maximum atomic E-state index is 11.7. The van der Waals surface area contributed by atoms with Crippen LogP contribution in [-0.4, -0.2) is 32.2 Å². The second kappa shape index (κ2) is 7.26. The molecule has 0 aliphatic carbocycles. The van der Waals surface area contributed by atoms with Gasteiger partial charge in [0.15, 0.2) is 0 Å². The normalized spacial score (nSPS) is 16.3. The van der Waals surface area contributed by atoms with E-state index in [1.54, 1.807) is 0 Å². The number of benzene rings is 1. The van der Waals surface area contributed by atoms with Gasteiger partial charge >= 0.3 is 0 Å². The molecule has 4 nitrogen and oxygen atoms in total. The molecule has 1 aromatic carbocycles. The molecular weight excluding hydrogens is 240 g/mol. The van der Waals surface area contributed by atoms with Gasteiger partial charge in [-0.15, -0.1) is 0 Å². The standard InChI is InChI=1S/C15H22N2O2/c1-12-3-2-4-14(9-12)17-15(18)11-19-10-13-5-7-16-8-6-13/h2-4,9,13,16H,5-8,10-11H2,1H3,(H,17,18). The number of carbonyl (C=O) groups excluding carboxylic acids is 1. The molecule has 1 aliphatic rings. The minimum atomic E-state index is -0.0838. The molecule has 2 N–H and O–H groups in total. The van der Waals surface area contributed by atoms with Gasteiger partial charge in [0.25, 0.3) is 0 Å². The molecule has 1 amide bonds. The van der Waals surface area contributed by atoms with Crippen LogP contribution in [0, 0.1) is 12.8 Å². The fraction of sp³-hybridized carbons (Fsp3) is 0.533. The average Bonchev–Trinajstić information content (AvgIpc) is 2.40. The van der Waals surface area contributed by atoms with Crippen molar-refractivity contribution in [2.75, 3.05) is 31.6 Å². The highest BCUT2D eigenvalue weighted by atomic mass is 16.5. The molecular formula is C15H22N2O2. The van der Waals surface area contributed by atoms with Crippen LogP contribution in [0.25, 0.3) is 0 Å². The molecule has 0 saturated carbocycles. The smallest absolute Gasteiger partial charge is 0.250 e. The third-order valence-corrected chi connectivity index (χ3v) is 3.35. The van der Waals surface area contributed by atoms with Gasteiger partial charge in [0.2, 0.25) is 5.91 Å². The number of amides is 1. The zero-order valence-electron chi connectivity index (χ0n) is 11.4. The third-order valence-electron chi connectivity index (χ3n) is 3.35. The number of ether oxygens (including phenoxy) is 1. The Hall–Kier alpha value is -1.39. The van der Waals surface area contributed by atoms with E-state index in [-0.39, 0.29) is 12.5 Å². The lowest BCUT2D eigenvalue weighted by molar-refractivity contribution is -0.121. The van der Waals surface area contributed by atoms with Crippen LogP contribution in [0.15, 0.2) is 24.3 Å². The van der Waals surface area contributed by atoms with Gasteiger partial charge < -0.3 is 15.4 Å². The minimum Gasteiger partial charge on any atom is -0.371 e. The number of hydrogen-bond acceptors (Lipinski definition) is 3. The van der Waals surface area contributed by atoms with E-state index in [0.717, 1.165) is 37.2 Å². The average molecular weight is 262 g/mol. The van der Waals surface area contributed by atoms with E-state index in [4.69, 9.17) is 4.74 Å². The van der Waals surface area contributed by atoms with Gasteiger partial charge in [-0.1, -0.05) is 12.1 Å². The molecule has 4 heteroatoms. The van der Waals surface area contributed by atoms with Crippen molar-refractivity contribution in [2.24, 2.45) is 5.92 Å². The lowest BCUT2D eigenvalue weighted by Gasteiger charge is -2.22. The van der Waals surface area contributed by atoms with Crippen LogP contribution >= 0.6 is 0 Å². The first-order valence-electron chi connectivity index (χ1n) is 6.89. The van der Waals surface area contributed by atoms with Crippen LogP contribution in [0.3, 0.4) is 0 Å². The Morgan fingerprint density at radius 3 is 2.95 bits per heavy atom. The summed E-state index contributed by atoms with van der Waals surface area (Å²) >= 11 is 0. The monoisotopic (exact) mass is 262 g/mol.